The van der Waals surface area contributed by atoms with Crippen LogP contribution >= 0.6 is 0 Å². The zero-order chi connectivity index (χ0) is 8.23. The van der Waals surface area contributed by atoms with Crippen LogP contribution < -0.4 is 0 Å². The molecule has 4 heteroatoms. The zero-order valence-corrected chi connectivity index (χ0v) is 9.43. The smallest absolute Gasteiger partial charge is 0.0886 e. The summed E-state index contributed by atoms with van der Waals surface area (Å²) in [6, 6.07) is 11.6. The molecule has 0 aromatic carbocycles. The number of pyridine rings is 2. The average molecular weight is 268 g/mol. The molecule has 0 fully saturated rings. The fourth-order valence-electron chi connectivity index (χ4n) is 1.03. The normalized spacial score (nSPS) is 8.29. The van der Waals surface area contributed by atoms with Crippen LogP contribution in [0.3, 0.4) is 0 Å². The van der Waals surface area contributed by atoms with Gasteiger partial charge in [-0.25, -0.2) is 0 Å². The van der Waals surface area contributed by atoms with Crippen molar-refractivity contribution < 1.29 is 34.1 Å². The molecule has 0 aliphatic heterocycles. The molecule has 0 radical (unpaired) electrons. The Morgan fingerprint density at radius 1 is 0.643 bits per heavy atom. The molecule has 14 heavy (non-hydrogen) atoms. The van der Waals surface area contributed by atoms with Gasteiger partial charge in [-0.05, 0) is 24.3 Å². The Balaban J connectivity index is 0.000000845. The summed E-state index contributed by atoms with van der Waals surface area (Å²) in [6.45, 7) is 0. The third-order valence-corrected chi connectivity index (χ3v) is 1.59. The fraction of sp³-hybridized carbons (Fsp3) is 0. The Hall–Kier alpha value is -0.661. The van der Waals surface area contributed by atoms with E-state index in [2.05, 4.69) is 9.97 Å². The number of nitrogens with zero attached hydrogens (tertiary/aromatic N) is 2. The van der Waals surface area contributed by atoms with Crippen LogP contribution in [0, 0.1) is 0 Å². The van der Waals surface area contributed by atoms with E-state index in [0.717, 1.165) is 11.4 Å². The van der Waals surface area contributed by atoms with Gasteiger partial charge in [-0.2, -0.15) is 0 Å². The van der Waals surface area contributed by atoms with E-state index < -0.39 is 0 Å². The first-order chi connectivity index (χ1) is 5.97. The van der Waals surface area contributed by atoms with Gasteiger partial charge in [0.05, 0.1) is 11.4 Å². The van der Waals surface area contributed by atoms with Crippen LogP contribution in [-0.2, 0) is 34.1 Å². The van der Waals surface area contributed by atoms with E-state index in [4.69, 9.17) is 0 Å². The molecule has 2 heterocycles. The van der Waals surface area contributed by atoms with Crippen LogP contribution in [0.25, 0.3) is 11.4 Å². The summed E-state index contributed by atoms with van der Waals surface area (Å²) in [7, 11) is 0. The maximum atomic E-state index is 4.19. The molecular weight excluding hydrogens is 260 g/mol. The van der Waals surface area contributed by atoms with E-state index in [1.807, 2.05) is 36.4 Å². The van der Waals surface area contributed by atoms with Crippen molar-refractivity contribution in [1.29, 1.82) is 0 Å². The molecule has 0 N–H and O–H groups in total. The van der Waals surface area contributed by atoms with E-state index in [1.54, 1.807) is 12.4 Å². The van der Waals surface area contributed by atoms with E-state index in [9.17, 15) is 0 Å². The summed E-state index contributed by atoms with van der Waals surface area (Å²) < 4.78 is 0. The van der Waals surface area contributed by atoms with Crippen molar-refractivity contribution in [3.05, 3.63) is 48.8 Å². The van der Waals surface area contributed by atoms with Crippen molar-refractivity contribution in [3.63, 3.8) is 0 Å². The van der Waals surface area contributed by atoms with Crippen LogP contribution in [0.15, 0.2) is 48.8 Å². The first kappa shape index (κ1) is 13.3. The zero-order valence-electron chi connectivity index (χ0n) is 7.22. The Morgan fingerprint density at radius 2 is 1.07 bits per heavy atom. The number of hydrogen-bond acceptors (Lipinski definition) is 2. The Morgan fingerprint density at radius 3 is 1.36 bits per heavy atom. The molecule has 0 atom stereocenters. The van der Waals surface area contributed by atoms with Crippen molar-refractivity contribution in [3.8, 4) is 11.4 Å². The van der Waals surface area contributed by atoms with Crippen molar-refractivity contribution in [2.24, 2.45) is 0 Å². The molecule has 0 aliphatic rings. The van der Waals surface area contributed by atoms with E-state index in [1.165, 1.54) is 0 Å². The molecule has 2 rings (SSSR count). The Bertz CT molecular complexity index is 314. The summed E-state index contributed by atoms with van der Waals surface area (Å²) in [5, 5.41) is 0. The molecular formula is C10H8Fe2N2. The number of aromatic nitrogens is 2. The molecule has 2 aromatic rings. The van der Waals surface area contributed by atoms with Gasteiger partial charge in [-0.3, -0.25) is 9.97 Å². The van der Waals surface area contributed by atoms with Crippen LogP contribution in [0.1, 0.15) is 0 Å². The third kappa shape index (κ3) is 3.24. The van der Waals surface area contributed by atoms with Crippen LogP contribution in [0.5, 0.6) is 0 Å². The van der Waals surface area contributed by atoms with Crippen LogP contribution in [0.2, 0.25) is 0 Å². The summed E-state index contributed by atoms with van der Waals surface area (Å²) in [4.78, 5) is 8.37. The van der Waals surface area contributed by atoms with Gasteiger partial charge in [-0.15, -0.1) is 0 Å². The van der Waals surface area contributed by atoms with Gasteiger partial charge in [0.1, 0.15) is 0 Å². The molecule has 0 unspecified atom stereocenters. The average Bonchev–Trinajstić information content (AvgIpc) is 2.21. The van der Waals surface area contributed by atoms with Crippen molar-refractivity contribution in [2.45, 2.75) is 0 Å². The molecule has 74 valence electrons. The third-order valence-electron chi connectivity index (χ3n) is 1.59. The minimum atomic E-state index is 0. The topological polar surface area (TPSA) is 25.8 Å². The molecule has 0 spiro atoms. The van der Waals surface area contributed by atoms with Gasteiger partial charge in [0, 0.05) is 46.5 Å². The van der Waals surface area contributed by atoms with Gasteiger partial charge in [-0.1, -0.05) is 12.1 Å². The number of rotatable bonds is 1. The van der Waals surface area contributed by atoms with Crippen LogP contribution in [-0.4, -0.2) is 9.97 Å². The SMILES string of the molecule is [Fe].[Fe].c1ccc(-c2ccccn2)nc1. The van der Waals surface area contributed by atoms with E-state index in [0.29, 0.717) is 0 Å². The summed E-state index contributed by atoms with van der Waals surface area (Å²) in [5.74, 6) is 0. The molecule has 0 bridgehead atoms. The van der Waals surface area contributed by atoms with E-state index in [-0.39, 0.29) is 34.1 Å². The fourth-order valence-corrected chi connectivity index (χ4v) is 1.03. The van der Waals surface area contributed by atoms with Crippen molar-refractivity contribution in [2.75, 3.05) is 0 Å². The largest absolute Gasteiger partial charge is 0.255 e. The Kier molecular flexibility index (Phi) is 6.42. The maximum absolute atomic E-state index is 4.19. The van der Waals surface area contributed by atoms with Gasteiger partial charge in [0.25, 0.3) is 0 Å². The predicted octanol–water partition coefficient (Wildman–Crippen LogP) is 2.14. The monoisotopic (exact) mass is 268 g/mol. The molecule has 0 amide bonds. The van der Waals surface area contributed by atoms with Crippen molar-refractivity contribution >= 4 is 0 Å². The second-order valence-corrected chi connectivity index (χ2v) is 2.43. The minimum Gasteiger partial charge on any atom is -0.255 e. The molecule has 0 saturated heterocycles. The Labute approximate surface area is 104 Å². The second-order valence-electron chi connectivity index (χ2n) is 2.43. The number of hydrogen-bond donors (Lipinski definition) is 0. The van der Waals surface area contributed by atoms with Gasteiger partial charge in [0.2, 0.25) is 0 Å². The summed E-state index contributed by atoms with van der Waals surface area (Å²) in [6.07, 6.45) is 3.54. The summed E-state index contributed by atoms with van der Waals surface area (Å²) >= 11 is 0. The van der Waals surface area contributed by atoms with Crippen LogP contribution in [0.4, 0.5) is 0 Å². The van der Waals surface area contributed by atoms with Gasteiger partial charge in [0.15, 0.2) is 0 Å². The molecule has 0 aliphatic carbocycles. The predicted molar refractivity (Wildman–Crippen MR) is 47.5 cm³/mol. The molecule has 0 saturated carbocycles. The first-order valence-corrected chi connectivity index (χ1v) is 3.79. The van der Waals surface area contributed by atoms with Gasteiger partial charge >= 0.3 is 0 Å². The van der Waals surface area contributed by atoms with Gasteiger partial charge < -0.3 is 0 Å². The van der Waals surface area contributed by atoms with Crippen molar-refractivity contribution in [1.82, 2.24) is 9.97 Å². The van der Waals surface area contributed by atoms with E-state index >= 15 is 0 Å². The molecule has 2 nitrogen and oxygen atoms in total. The standard InChI is InChI=1S/C10H8N2.2Fe/c1-3-7-11-9(5-1)10-6-2-4-8-12-10;;/h1-8H;;. The minimum absolute atomic E-state index is 0. The first-order valence-electron chi connectivity index (χ1n) is 3.79. The quantitative estimate of drug-likeness (QED) is 0.740. The summed E-state index contributed by atoms with van der Waals surface area (Å²) in [5.41, 5.74) is 1.83. The second kappa shape index (κ2) is 6.74. The molecule has 2 aromatic heterocycles. The maximum Gasteiger partial charge on any atom is 0.0886 e.